The van der Waals surface area contributed by atoms with Crippen molar-refractivity contribution in [2.24, 2.45) is 0 Å². The summed E-state index contributed by atoms with van der Waals surface area (Å²) in [5.41, 5.74) is -0.643. The highest BCUT2D eigenvalue weighted by Crippen LogP contribution is 2.25. The van der Waals surface area contributed by atoms with E-state index in [1.54, 1.807) is 27.7 Å². The van der Waals surface area contributed by atoms with Gasteiger partial charge in [-0.05, 0) is 40.5 Å². The quantitative estimate of drug-likeness (QED) is 0.748. The second-order valence-electron chi connectivity index (χ2n) is 6.36. The van der Waals surface area contributed by atoms with Crippen LogP contribution < -0.4 is 0 Å². The number of ether oxygens (including phenoxy) is 2. The molecule has 1 aliphatic rings. The molecule has 21 heavy (non-hydrogen) atoms. The standard InChI is InChI=1S/C15H25NO5/c1-10(13(18)20-5)16(14(19)21-15(2,3)4)11-6-8-12(17)9-7-11/h10-11H,6-9H2,1-5H3. The number of esters is 1. The Morgan fingerprint density at radius 1 is 1.24 bits per heavy atom. The predicted molar refractivity (Wildman–Crippen MR) is 76.8 cm³/mol. The van der Waals surface area contributed by atoms with Gasteiger partial charge in [-0.2, -0.15) is 0 Å². The van der Waals surface area contributed by atoms with Crippen LogP contribution in [-0.4, -0.2) is 47.5 Å². The van der Waals surface area contributed by atoms with Crippen molar-refractivity contribution in [1.82, 2.24) is 4.90 Å². The summed E-state index contributed by atoms with van der Waals surface area (Å²) in [4.78, 5) is 37.0. The lowest BCUT2D eigenvalue weighted by Gasteiger charge is -2.37. The van der Waals surface area contributed by atoms with E-state index in [9.17, 15) is 14.4 Å². The first-order chi connectivity index (χ1) is 9.65. The molecule has 0 aromatic heterocycles. The minimum Gasteiger partial charge on any atom is -0.467 e. The van der Waals surface area contributed by atoms with Gasteiger partial charge in [0.25, 0.3) is 0 Å². The van der Waals surface area contributed by atoms with Gasteiger partial charge in [0.15, 0.2) is 0 Å². The third-order valence-corrected chi connectivity index (χ3v) is 3.47. The second-order valence-corrected chi connectivity index (χ2v) is 6.36. The average molecular weight is 299 g/mol. The molecule has 1 unspecified atom stereocenters. The normalized spacial score (nSPS) is 18.0. The summed E-state index contributed by atoms with van der Waals surface area (Å²) in [5, 5.41) is 0. The number of hydrogen-bond acceptors (Lipinski definition) is 5. The van der Waals surface area contributed by atoms with Crippen LogP contribution in [0.25, 0.3) is 0 Å². The highest BCUT2D eigenvalue weighted by molar-refractivity contribution is 5.82. The first-order valence-corrected chi connectivity index (χ1v) is 7.26. The van der Waals surface area contributed by atoms with Crippen molar-refractivity contribution in [3.63, 3.8) is 0 Å². The van der Waals surface area contributed by atoms with E-state index in [0.717, 1.165) is 0 Å². The molecule has 6 heteroatoms. The number of methoxy groups -OCH3 is 1. The molecule has 0 heterocycles. The Kier molecular flexibility index (Phi) is 5.75. The lowest BCUT2D eigenvalue weighted by Crippen LogP contribution is -2.52. The maximum Gasteiger partial charge on any atom is 0.411 e. The second kappa shape index (κ2) is 6.91. The average Bonchev–Trinajstić information content (AvgIpc) is 2.38. The van der Waals surface area contributed by atoms with E-state index < -0.39 is 23.7 Å². The number of ketones is 1. The zero-order valence-electron chi connectivity index (χ0n) is 13.5. The number of rotatable bonds is 3. The summed E-state index contributed by atoms with van der Waals surface area (Å²) in [7, 11) is 1.29. The summed E-state index contributed by atoms with van der Waals surface area (Å²) >= 11 is 0. The Morgan fingerprint density at radius 2 is 1.76 bits per heavy atom. The van der Waals surface area contributed by atoms with Crippen LogP contribution in [0, 0.1) is 0 Å². The molecule has 1 fully saturated rings. The van der Waals surface area contributed by atoms with Gasteiger partial charge in [0.1, 0.15) is 17.4 Å². The highest BCUT2D eigenvalue weighted by Gasteiger charge is 2.37. The molecule has 1 amide bonds. The van der Waals surface area contributed by atoms with Gasteiger partial charge in [-0.25, -0.2) is 9.59 Å². The molecule has 0 spiro atoms. The summed E-state index contributed by atoms with van der Waals surface area (Å²) in [6.45, 7) is 6.94. The third kappa shape index (κ3) is 5.02. The van der Waals surface area contributed by atoms with Crippen molar-refractivity contribution in [2.75, 3.05) is 7.11 Å². The van der Waals surface area contributed by atoms with E-state index in [1.807, 2.05) is 0 Å². The lowest BCUT2D eigenvalue weighted by molar-refractivity contribution is -0.147. The molecule has 0 aromatic carbocycles. The highest BCUT2D eigenvalue weighted by atomic mass is 16.6. The Bertz CT molecular complexity index is 403. The van der Waals surface area contributed by atoms with Crippen LogP contribution in [0.4, 0.5) is 4.79 Å². The molecule has 0 bridgehead atoms. The van der Waals surface area contributed by atoms with Crippen LogP contribution in [0.1, 0.15) is 53.4 Å². The van der Waals surface area contributed by atoms with E-state index in [2.05, 4.69) is 0 Å². The fourth-order valence-corrected chi connectivity index (χ4v) is 2.42. The monoisotopic (exact) mass is 299 g/mol. The molecule has 120 valence electrons. The van der Waals surface area contributed by atoms with Gasteiger partial charge in [0.2, 0.25) is 0 Å². The summed E-state index contributed by atoms with van der Waals surface area (Å²) in [5.74, 6) is -0.293. The smallest absolute Gasteiger partial charge is 0.411 e. The Labute approximate surface area is 125 Å². The topological polar surface area (TPSA) is 72.9 Å². The van der Waals surface area contributed by atoms with Crippen LogP contribution >= 0.6 is 0 Å². The summed E-state index contributed by atoms with van der Waals surface area (Å²) in [6.07, 6.45) is 1.42. The number of carbonyl (C=O) groups excluding carboxylic acids is 3. The van der Waals surface area contributed by atoms with Crippen molar-refractivity contribution < 1.29 is 23.9 Å². The molecular weight excluding hydrogens is 274 g/mol. The van der Waals surface area contributed by atoms with Gasteiger partial charge in [0, 0.05) is 18.9 Å². The van der Waals surface area contributed by atoms with Crippen LogP contribution in [-0.2, 0) is 19.1 Å². The van der Waals surface area contributed by atoms with Gasteiger partial charge in [-0.3, -0.25) is 9.69 Å². The first kappa shape index (κ1) is 17.5. The molecular formula is C15H25NO5. The fraction of sp³-hybridized carbons (Fsp3) is 0.800. The predicted octanol–water partition coefficient (Wildman–Crippen LogP) is 2.30. The van der Waals surface area contributed by atoms with E-state index >= 15 is 0 Å². The SMILES string of the molecule is COC(=O)C(C)N(C(=O)OC(C)(C)C)C1CCC(=O)CC1. The molecule has 1 saturated carbocycles. The Balaban J connectivity index is 2.91. The molecule has 0 aromatic rings. The fourth-order valence-electron chi connectivity index (χ4n) is 2.42. The van der Waals surface area contributed by atoms with Gasteiger partial charge < -0.3 is 9.47 Å². The lowest BCUT2D eigenvalue weighted by atomic mass is 9.92. The van der Waals surface area contributed by atoms with Crippen molar-refractivity contribution >= 4 is 17.8 Å². The van der Waals surface area contributed by atoms with Crippen LogP contribution in [0.2, 0.25) is 0 Å². The first-order valence-electron chi connectivity index (χ1n) is 7.26. The van der Waals surface area contributed by atoms with Gasteiger partial charge >= 0.3 is 12.1 Å². The van der Waals surface area contributed by atoms with Crippen molar-refractivity contribution in [3.8, 4) is 0 Å². The number of amides is 1. The van der Waals surface area contributed by atoms with Gasteiger partial charge in [-0.1, -0.05) is 0 Å². The third-order valence-electron chi connectivity index (χ3n) is 3.47. The van der Waals surface area contributed by atoms with Crippen molar-refractivity contribution in [3.05, 3.63) is 0 Å². The molecule has 1 atom stereocenters. The van der Waals surface area contributed by atoms with Crippen molar-refractivity contribution in [2.45, 2.75) is 71.1 Å². The summed E-state index contributed by atoms with van der Waals surface area (Å²) in [6, 6.07) is -0.908. The zero-order valence-corrected chi connectivity index (χ0v) is 13.5. The Hall–Kier alpha value is -1.59. The van der Waals surface area contributed by atoms with Crippen LogP contribution in [0.15, 0.2) is 0 Å². The Morgan fingerprint density at radius 3 is 2.19 bits per heavy atom. The van der Waals surface area contributed by atoms with Crippen molar-refractivity contribution in [1.29, 1.82) is 0 Å². The largest absolute Gasteiger partial charge is 0.467 e. The number of Topliss-reactive ketones (excluding diaryl/α,β-unsaturated/α-hetero) is 1. The maximum absolute atomic E-state index is 12.4. The van der Waals surface area contributed by atoms with E-state index in [1.165, 1.54) is 12.0 Å². The molecule has 0 aliphatic heterocycles. The number of hydrogen-bond donors (Lipinski definition) is 0. The number of nitrogens with zero attached hydrogens (tertiary/aromatic N) is 1. The van der Waals surface area contributed by atoms with Gasteiger partial charge in [0.05, 0.1) is 7.11 Å². The molecule has 1 aliphatic carbocycles. The molecule has 1 rings (SSSR count). The van der Waals surface area contributed by atoms with E-state index in [4.69, 9.17) is 9.47 Å². The molecule has 0 radical (unpaired) electrons. The minimum absolute atomic E-state index is 0.174. The molecule has 0 saturated heterocycles. The van der Waals surface area contributed by atoms with E-state index in [-0.39, 0.29) is 11.8 Å². The minimum atomic E-state index is -0.733. The van der Waals surface area contributed by atoms with Crippen LogP contribution in [0.5, 0.6) is 0 Å². The number of carbonyl (C=O) groups is 3. The zero-order chi connectivity index (χ0) is 16.2. The molecule has 0 N–H and O–H groups in total. The molecule has 6 nitrogen and oxygen atoms in total. The van der Waals surface area contributed by atoms with Gasteiger partial charge in [-0.15, -0.1) is 0 Å². The summed E-state index contributed by atoms with van der Waals surface area (Å²) < 4.78 is 10.1. The van der Waals surface area contributed by atoms with Crippen LogP contribution in [0.3, 0.4) is 0 Å². The van der Waals surface area contributed by atoms with E-state index in [0.29, 0.717) is 25.7 Å². The maximum atomic E-state index is 12.4.